The number of terminal acetylenes is 1. The van der Waals surface area contributed by atoms with Gasteiger partial charge in [-0.25, -0.2) is 0 Å². The molecule has 1 rings (SSSR count). The van der Waals surface area contributed by atoms with Crippen LogP contribution >= 0.6 is 0 Å². The van der Waals surface area contributed by atoms with Gasteiger partial charge in [-0.05, 0) is 19.2 Å². The molecule has 0 aliphatic carbocycles. The third-order valence-corrected chi connectivity index (χ3v) is 2.16. The molecule has 3 nitrogen and oxygen atoms in total. The molecule has 0 amide bonds. The van der Waals surface area contributed by atoms with Crippen molar-refractivity contribution in [2.24, 2.45) is 0 Å². The number of likely N-dealkylation sites (N-methyl/N-ethyl adjacent to an activating group) is 1. The summed E-state index contributed by atoms with van der Waals surface area (Å²) in [6.45, 7) is 2.02. The maximum Gasteiger partial charge on any atom is 0.161 e. The molecule has 1 aromatic rings. The maximum atomic E-state index is 5.61. The molecule has 16 heavy (non-hydrogen) atoms. The lowest BCUT2D eigenvalue weighted by molar-refractivity contribution is 0.242. The Morgan fingerprint density at radius 2 is 2.00 bits per heavy atom. The Kier molecular flexibility index (Phi) is 5.24. The summed E-state index contributed by atoms with van der Waals surface area (Å²) in [5, 5.41) is 0. The number of para-hydroxylation sites is 2. The second-order valence-electron chi connectivity index (χ2n) is 3.44. The van der Waals surface area contributed by atoms with Crippen molar-refractivity contribution in [1.29, 1.82) is 0 Å². The van der Waals surface area contributed by atoms with Crippen molar-refractivity contribution >= 4 is 0 Å². The van der Waals surface area contributed by atoms with Gasteiger partial charge in [0.25, 0.3) is 0 Å². The molecule has 0 radical (unpaired) electrons. The number of rotatable bonds is 6. The minimum absolute atomic E-state index is 0.596. The molecule has 0 heterocycles. The van der Waals surface area contributed by atoms with E-state index >= 15 is 0 Å². The highest BCUT2D eigenvalue weighted by Gasteiger charge is 2.02. The molecule has 0 bridgehead atoms. The van der Waals surface area contributed by atoms with Crippen LogP contribution in [0.3, 0.4) is 0 Å². The van der Waals surface area contributed by atoms with Crippen molar-refractivity contribution in [2.45, 2.75) is 0 Å². The third kappa shape index (κ3) is 3.84. The van der Waals surface area contributed by atoms with E-state index in [9.17, 15) is 0 Å². The molecular weight excluding hydrogens is 202 g/mol. The van der Waals surface area contributed by atoms with Crippen molar-refractivity contribution < 1.29 is 9.47 Å². The maximum absolute atomic E-state index is 5.61. The Balaban J connectivity index is 2.40. The van der Waals surface area contributed by atoms with Crippen molar-refractivity contribution in [1.82, 2.24) is 4.90 Å². The van der Waals surface area contributed by atoms with Crippen LogP contribution in [-0.4, -0.2) is 38.8 Å². The van der Waals surface area contributed by atoms with Crippen LogP contribution in [0, 0.1) is 12.3 Å². The van der Waals surface area contributed by atoms with Crippen LogP contribution in [0.4, 0.5) is 0 Å². The first-order chi connectivity index (χ1) is 7.77. The minimum atomic E-state index is 0.596. The van der Waals surface area contributed by atoms with E-state index in [4.69, 9.17) is 15.9 Å². The molecule has 3 heteroatoms. The van der Waals surface area contributed by atoms with E-state index in [2.05, 4.69) is 5.92 Å². The first kappa shape index (κ1) is 12.4. The highest BCUT2D eigenvalue weighted by Crippen LogP contribution is 2.25. The Morgan fingerprint density at radius 1 is 1.31 bits per heavy atom. The fourth-order valence-electron chi connectivity index (χ4n) is 1.28. The van der Waals surface area contributed by atoms with Gasteiger partial charge in [0.2, 0.25) is 0 Å². The monoisotopic (exact) mass is 219 g/mol. The Hall–Kier alpha value is -1.66. The van der Waals surface area contributed by atoms with Crippen LogP contribution in [0.1, 0.15) is 0 Å². The van der Waals surface area contributed by atoms with Gasteiger partial charge in [-0.3, -0.25) is 4.90 Å². The zero-order valence-electron chi connectivity index (χ0n) is 9.77. The molecule has 0 fully saturated rings. The number of benzene rings is 1. The van der Waals surface area contributed by atoms with Crippen LogP contribution in [-0.2, 0) is 0 Å². The molecule has 0 saturated carbocycles. The summed E-state index contributed by atoms with van der Waals surface area (Å²) in [5.41, 5.74) is 0. The summed E-state index contributed by atoms with van der Waals surface area (Å²) in [7, 11) is 3.60. The predicted octanol–water partition coefficient (Wildman–Crippen LogP) is 1.64. The quantitative estimate of drug-likeness (QED) is 0.679. The normalized spacial score (nSPS) is 9.88. The van der Waals surface area contributed by atoms with E-state index < -0.39 is 0 Å². The van der Waals surface area contributed by atoms with Gasteiger partial charge in [0.1, 0.15) is 6.61 Å². The molecular formula is C13H17NO2. The fourth-order valence-corrected chi connectivity index (χ4v) is 1.28. The predicted molar refractivity (Wildman–Crippen MR) is 64.8 cm³/mol. The lowest BCUT2D eigenvalue weighted by Crippen LogP contribution is -2.24. The summed E-state index contributed by atoms with van der Waals surface area (Å²) in [6, 6.07) is 7.60. The van der Waals surface area contributed by atoms with E-state index in [1.165, 1.54) is 0 Å². The Morgan fingerprint density at radius 3 is 2.62 bits per heavy atom. The second kappa shape index (κ2) is 6.76. The Labute approximate surface area is 97.0 Å². The zero-order valence-corrected chi connectivity index (χ0v) is 9.77. The summed E-state index contributed by atoms with van der Waals surface area (Å²) in [5.74, 6) is 4.10. The standard InChI is InChI=1S/C13H17NO2/c1-4-9-14(2)10-11-16-13-8-6-5-7-12(13)15-3/h1,5-8H,9-11H2,2-3H3. The Bertz CT molecular complexity index is 357. The molecule has 0 aliphatic heterocycles. The third-order valence-electron chi connectivity index (χ3n) is 2.16. The highest BCUT2D eigenvalue weighted by atomic mass is 16.5. The van der Waals surface area contributed by atoms with Gasteiger partial charge in [-0.1, -0.05) is 18.1 Å². The molecule has 0 aromatic heterocycles. The summed E-state index contributed by atoms with van der Waals surface area (Å²) < 4.78 is 10.8. The zero-order chi connectivity index (χ0) is 11.8. The highest BCUT2D eigenvalue weighted by molar-refractivity contribution is 5.39. The number of hydrogen-bond acceptors (Lipinski definition) is 3. The van der Waals surface area contributed by atoms with Gasteiger partial charge in [-0.2, -0.15) is 0 Å². The molecule has 0 aliphatic rings. The van der Waals surface area contributed by atoms with E-state index in [1.807, 2.05) is 36.2 Å². The molecule has 0 saturated heterocycles. The molecule has 0 unspecified atom stereocenters. The first-order valence-electron chi connectivity index (χ1n) is 5.15. The SMILES string of the molecule is C#CCN(C)CCOc1ccccc1OC. The van der Waals surface area contributed by atoms with Gasteiger partial charge in [0.15, 0.2) is 11.5 Å². The van der Waals surface area contributed by atoms with Crippen LogP contribution in [0.5, 0.6) is 11.5 Å². The average molecular weight is 219 g/mol. The van der Waals surface area contributed by atoms with Crippen molar-refractivity contribution in [2.75, 3.05) is 33.9 Å². The molecule has 0 spiro atoms. The largest absolute Gasteiger partial charge is 0.493 e. The van der Waals surface area contributed by atoms with E-state index in [0.29, 0.717) is 13.2 Å². The van der Waals surface area contributed by atoms with E-state index in [1.54, 1.807) is 7.11 Å². The van der Waals surface area contributed by atoms with Crippen LogP contribution < -0.4 is 9.47 Å². The van der Waals surface area contributed by atoms with E-state index in [0.717, 1.165) is 18.0 Å². The van der Waals surface area contributed by atoms with Crippen molar-refractivity contribution in [3.05, 3.63) is 24.3 Å². The lowest BCUT2D eigenvalue weighted by atomic mass is 10.3. The van der Waals surface area contributed by atoms with Gasteiger partial charge < -0.3 is 9.47 Å². The van der Waals surface area contributed by atoms with Crippen molar-refractivity contribution in [3.63, 3.8) is 0 Å². The average Bonchev–Trinajstić information content (AvgIpc) is 2.30. The number of hydrogen-bond donors (Lipinski definition) is 0. The number of nitrogens with zero attached hydrogens (tertiary/aromatic N) is 1. The number of methoxy groups -OCH3 is 1. The molecule has 86 valence electrons. The minimum Gasteiger partial charge on any atom is -0.493 e. The summed E-state index contributed by atoms with van der Waals surface area (Å²) in [6.07, 6.45) is 5.21. The molecule has 0 atom stereocenters. The summed E-state index contributed by atoms with van der Waals surface area (Å²) >= 11 is 0. The number of ether oxygens (including phenoxy) is 2. The van der Waals surface area contributed by atoms with Crippen LogP contribution in [0.2, 0.25) is 0 Å². The van der Waals surface area contributed by atoms with Crippen molar-refractivity contribution in [3.8, 4) is 23.8 Å². The van der Waals surface area contributed by atoms with Gasteiger partial charge in [0, 0.05) is 6.54 Å². The first-order valence-corrected chi connectivity index (χ1v) is 5.15. The topological polar surface area (TPSA) is 21.7 Å². The second-order valence-corrected chi connectivity index (χ2v) is 3.44. The molecule has 1 aromatic carbocycles. The lowest BCUT2D eigenvalue weighted by Gasteiger charge is -2.15. The van der Waals surface area contributed by atoms with Gasteiger partial charge >= 0.3 is 0 Å². The van der Waals surface area contributed by atoms with Crippen LogP contribution in [0.15, 0.2) is 24.3 Å². The smallest absolute Gasteiger partial charge is 0.161 e. The molecule has 0 N–H and O–H groups in total. The van der Waals surface area contributed by atoms with Gasteiger partial charge in [0.05, 0.1) is 13.7 Å². The van der Waals surface area contributed by atoms with Crippen LogP contribution in [0.25, 0.3) is 0 Å². The van der Waals surface area contributed by atoms with Gasteiger partial charge in [-0.15, -0.1) is 6.42 Å². The fraction of sp³-hybridized carbons (Fsp3) is 0.385. The summed E-state index contributed by atoms with van der Waals surface area (Å²) in [4.78, 5) is 2.02. The van der Waals surface area contributed by atoms with E-state index in [-0.39, 0.29) is 0 Å².